The maximum absolute atomic E-state index is 11.4. The molecule has 1 heterocycles. The minimum Gasteiger partial charge on any atom is -0.355 e. The van der Waals surface area contributed by atoms with Gasteiger partial charge in [-0.15, -0.1) is 0 Å². The predicted molar refractivity (Wildman–Crippen MR) is 72.2 cm³/mol. The first-order valence-corrected chi connectivity index (χ1v) is 6.45. The largest absolute Gasteiger partial charge is 0.355 e. The number of carbonyl (C=O) groups excluding carboxylic acids is 1. The summed E-state index contributed by atoms with van der Waals surface area (Å²) in [4.78, 5) is 11.4. The van der Waals surface area contributed by atoms with Crippen LogP contribution in [0.25, 0.3) is 0 Å². The van der Waals surface area contributed by atoms with Crippen LogP contribution in [0.1, 0.15) is 39.7 Å². The third-order valence-electron chi connectivity index (χ3n) is 2.51. The molecule has 0 saturated carbocycles. The Morgan fingerprint density at radius 1 is 1.44 bits per heavy atom. The monoisotopic (exact) mass is 252 g/mol. The highest BCUT2D eigenvalue weighted by molar-refractivity contribution is 5.77. The van der Waals surface area contributed by atoms with E-state index >= 15 is 0 Å². The molecule has 0 spiro atoms. The van der Waals surface area contributed by atoms with Gasteiger partial charge in [0.2, 0.25) is 5.91 Å². The summed E-state index contributed by atoms with van der Waals surface area (Å²) in [5.74, 6) is 0.0417. The Balaban J connectivity index is 2.32. The van der Waals surface area contributed by atoms with Crippen molar-refractivity contribution in [2.24, 2.45) is 0 Å². The summed E-state index contributed by atoms with van der Waals surface area (Å²) in [6, 6.07) is 0. The van der Waals surface area contributed by atoms with E-state index in [4.69, 9.17) is 0 Å². The number of hydrogen-bond acceptors (Lipinski definition) is 3. The molecule has 0 radical (unpaired) electrons. The van der Waals surface area contributed by atoms with Crippen molar-refractivity contribution in [1.82, 2.24) is 20.4 Å². The molecule has 0 aromatic carbocycles. The van der Waals surface area contributed by atoms with Crippen LogP contribution in [0.2, 0.25) is 0 Å². The quantitative estimate of drug-likeness (QED) is 0.801. The summed E-state index contributed by atoms with van der Waals surface area (Å²) in [5.41, 5.74) is 1.09. The average Bonchev–Trinajstić information content (AvgIpc) is 2.74. The highest BCUT2D eigenvalue weighted by Crippen LogP contribution is 2.12. The van der Waals surface area contributed by atoms with Crippen molar-refractivity contribution in [3.63, 3.8) is 0 Å². The number of carbonyl (C=O) groups is 1. The Labute approximate surface area is 109 Å². The standard InChI is InChI=1S/C13H24N4O/c1-5-6-15-12(18)9-14-7-11-8-16-17(10-11)13(2,3)4/h8,10,14H,5-7,9H2,1-4H3,(H,15,18). The van der Waals surface area contributed by atoms with Crippen molar-refractivity contribution >= 4 is 5.91 Å². The second-order valence-corrected chi connectivity index (χ2v) is 5.42. The first-order chi connectivity index (χ1) is 8.43. The van der Waals surface area contributed by atoms with Gasteiger partial charge in [-0.25, -0.2) is 0 Å². The molecule has 0 aliphatic heterocycles. The molecule has 1 rings (SSSR count). The van der Waals surface area contributed by atoms with Gasteiger partial charge in [-0.3, -0.25) is 9.48 Å². The van der Waals surface area contributed by atoms with E-state index in [9.17, 15) is 4.79 Å². The van der Waals surface area contributed by atoms with Gasteiger partial charge in [0.05, 0.1) is 18.3 Å². The third-order valence-corrected chi connectivity index (χ3v) is 2.51. The van der Waals surface area contributed by atoms with Gasteiger partial charge in [-0.05, 0) is 27.2 Å². The molecule has 0 unspecified atom stereocenters. The first-order valence-electron chi connectivity index (χ1n) is 6.45. The van der Waals surface area contributed by atoms with Crippen LogP contribution in [-0.2, 0) is 16.9 Å². The molecular weight excluding hydrogens is 228 g/mol. The molecule has 0 aliphatic rings. The first kappa shape index (κ1) is 14.7. The number of hydrogen-bond donors (Lipinski definition) is 2. The molecule has 0 bridgehead atoms. The zero-order valence-corrected chi connectivity index (χ0v) is 11.8. The van der Waals surface area contributed by atoms with Gasteiger partial charge in [0, 0.05) is 24.8 Å². The van der Waals surface area contributed by atoms with E-state index in [1.54, 1.807) is 0 Å². The lowest BCUT2D eigenvalue weighted by molar-refractivity contribution is -0.120. The van der Waals surface area contributed by atoms with Gasteiger partial charge in [-0.2, -0.15) is 5.10 Å². The van der Waals surface area contributed by atoms with Crippen LogP contribution in [0.15, 0.2) is 12.4 Å². The molecule has 1 amide bonds. The van der Waals surface area contributed by atoms with Crippen LogP contribution < -0.4 is 10.6 Å². The van der Waals surface area contributed by atoms with Crippen molar-refractivity contribution in [2.75, 3.05) is 13.1 Å². The number of nitrogens with one attached hydrogen (secondary N) is 2. The maximum atomic E-state index is 11.4. The van der Waals surface area contributed by atoms with Crippen molar-refractivity contribution in [2.45, 2.75) is 46.2 Å². The van der Waals surface area contributed by atoms with Crippen molar-refractivity contribution < 1.29 is 4.79 Å². The van der Waals surface area contributed by atoms with Crippen LogP contribution >= 0.6 is 0 Å². The summed E-state index contributed by atoms with van der Waals surface area (Å²) in [6.07, 6.45) is 4.81. The lowest BCUT2D eigenvalue weighted by Gasteiger charge is -2.18. The van der Waals surface area contributed by atoms with Crippen LogP contribution in [0, 0.1) is 0 Å². The van der Waals surface area contributed by atoms with Crippen molar-refractivity contribution in [3.8, 4) is 0 Å². The zero-order valence-electron chi connectivity index (χ0n) is 11.8. The normalized spacial score (nSPS) is 11.6. The summed E-state index contributed by atoms with van der Waals surface area (Å²) >= 11 is 0. The molecule has 5 nitrogen and oxygen atoms in total. The summed E-state index contributed by atoms with van der Waals surface area (Å²) in [6.45, 7) is 10.1. The molecule has 0 aliphatic carbocycles. The summed E-state index contributed by atoms with van der Waals surface area (Å²) in [7, 11) is 0. The van der Waals surface area contributed by atoms with E-state index in [0.29, 0.717) is 13.1 Å². The number of rotatable bonds is 6. The molecule has 0 atom stereocenters. The molecule has 1 aromatic heterocycles. The van der Waals surface area contributed by atoms with E-state index in [2.05, 4.69) is 36.5 Å². The lowest BCUT2D eigenvalue weighted by Crippen LogP contribution is -2.33. The zero-order chi connectivity index (χ0) is 13.6. The van der Waals surface area contributed by atoms with E-state index in [1.807, 2.05) is 24.0 Å². The van der Waals surface area contributed by atoms with Gasteiger partial charge in [0.25, 0.3) is 0 Å². The summed E-state index contributed by atoms with van der Waals surface area (Å²) < 4.78 is 1.93. The maximum Gasteiger partial charge on any atom is 0.233 e. The van der Waals surface area contributed by atoms with Crippen LogP contribution in [0.3, 0.4) is 0 Å². The molecule has 5 heteroatoms. The molecular formula is C13H24N4O. The highest BCUT2D eigenvalue weighted by atomic mass is 16.1. The Hall–Kier alpha value is -1.36. The van der Waals surface area contributed by atoms with Crippen LogP contribution in [0.4, 0.5) is 0 Å². The topological polar surface area (TPSA) is 59.0 Å². The second-order valence-electron chi connectivity index (χ2n) is 5.42. The smallest absolute Gasteiger partial charge is 0.233 e. The fraction of sp³-hybridized carbons (Fsp3) is 0.692. The van der Waals surface area contributed by atoms with E-state index in [1.165, 1.54) is 0 Å². The number of amides is 1. The third kappa shape index (κ3) is 4.87. The minimum absolute atomic E-state index is 0.00322. The fourth-order valence-electron chi connectivity index (χ4n) is 1.47. The minimum atomic E-state index is -0.00322. The number of nitrogens with zero attached hydrogens (tertiary/aromatic N) is 2. The highest BCUT2D eigenvalue weighted by Gasteiger charge is 2.13. The van der Waals surface area contributed by atoms with Crippen molar-refractivity contribution in [1.29, 1.82) is 0 Å². The molecule has 1 aromatic rings. The predicted octanol–water partition coefficient (Wildman–Crippen LogP) is 1.25. The second kappa shape index (κ2) is 6.54. The van der Waals surface area contributed by atoms with Gasteiger partial charge < -0.3 is 10.6 Å². The van der Waals surface area contributed by atoms with Gasteiger partial charge in [0.15, 0.2) is 0 Å². The Morgan fingerprint density at radius 2 is 2.17 bits per heavy atom. The number of aromatic nitrogens is 2. The lowest BCUT2D eigenvalue weighted by atomic mass is 10.1. The molecule has 18 heavy (non-hydrogen) atoms. The van der Waals surface area contributed by atoms with Crippen LogP contribution in [0.5, 0.6) is 0 Å². The van der Waals surface area contributed by atoms with E-state index in [-0.39, 0.29) is 11.4 Å². The fourth-order valence-corrected chi connectivity index (χ4v) is 1.47. The average molecular weight is 252 g/mol. The van der Waals surface area contributed by atoms with E-state index in [0.717, 1.165) is 18.5 Å². The van der Waals surface area contributed by atoms with E-state index < -0.39 is 0 Å². The van der Waals surface area contributed by atoms with Crippen molar-refractivity contribution in [3.05, 3.63) is 18.0 Å². The SMILES string of the molecule is CCCNC(=O)CNCc1cnn(C(C)(C)C)c1. The summed E-state index contributed by atoms with van der Waals surface area (Å²) in [5, 5.41) is 10.2. The Kier molecular flexibility index (Phi) is 5.34. The molecule has 2 N–H and O–H groups in total. The van der Waals surface area contributed by atoms with Gasteiger partial charge >= 0.3 is 0 Å². The Morgan fingerprint density at radius 3 is 2.72 bits per heavy atom. The van der Waals surface area contributed by atoms with Gasteiger partial charge in [-0.1, -0.05) is 6.92 Å². The van der Waals surface area contributed by atoms with Crippen LogP contribution in [-0.4, -0.2) is 28.8 Å². The Bertz CT molecular complexity index is 379. The molecule has 0 saturated heterocycles. The molecule has 102 valence electrons. The molecule has 0 fully saturated rings. The van der Waals surface area contributed by atoms with Gasteiger partial charge in [0.1, 0.15) is 0 Å².